The van der Waals surface area contributed by atoms with Crippen LogP contribution in [0, 0.1) is 0 Å². The Labute approximate surface area is 118 Å². The highest BCUT2D eigenvalue weighted by atomic mass is 31.1. The average Bonchev–Trinajstić information content (AvgIpc) is 2.46. The highest BCUT2D eigenvalue weighted by molar-refractivity contribution is 7.38. The van der Waals surface area contributed by atoms with E-state index in [0.717, 1.165) is 0 Å². The summed E-state index contributed by atoms with van der Waals surface area (Å²) in [5, 5.41) is 82.6. The zero-order valence-corrected chi connectivity index (χ0v) is 11.4. The summed E-state index contributed by atoms with van der Waals surface area (Å²) in [5.74, 6) is 0. The van der Waals surface area contributed by atoms with Gasteiger partial charge >= 0.3 is 13.4 Å². The molecular weight excluding hydrogens is 315 g/mol. The lowest BCUT2D eigenvalue weighted by Crippen LogP contribution is -2.80. The zero-order valence-electron chi connectivity index (χ0n) is 10.5. The van der Waals surface area contributed by atoms with Crippen molar-refractivity contribution in [3.05, 3.63) is 0 Å². The van der Waals surface area contributed by atoms with Crippen molar-refractivity contribution in [2.45, 2.75) is 47.6 Å². The van der Waals surface area contributed by atoms with Crippen LogP contribution in [-0.2, 0) is 4.57 Å². The Hall–Kier alpha value is -0.300. The molecule has 124 valence electrons. The molecule has 1 fully saturated rings. The van der Waals surface area contributed by atoms with Crippen LogP contribution in [-0.4, -0.2) is 100 Å². The minimum Gasteiger partial charge on any atom is -0.593 e. The van der Waals surface area contributed by atoms with Crippen molar-refractivity contribution in [3.63, 3.8) is 0 Å². The summed E-state index contributed by atoms with van der Waals surface area (Å²) in [6, 6.07) is 0. The van der Waals surface area contributed by atoms with E-state index in [4.69, 9.17) is 5.11 Å². The van der Waals surface area contributed by atoms with E-state index in [0.29, 0.717) is 0 Å². The van der Waals surface area contributed by atoms with Crippen LogP contribution in [0.5, 0.6) is 0 Å². The largest absolute Gasteiger partial charge is 0.593 e. The SMILES string of the molecule is O=[P+]([O-])C(O)(C(O)CO)C1(O)[C@H](O)[C@H](O)C(O)[C@H](O)[C@H]1O. The third kappa shape index (κ3) is 2.40. The van der Waals surface area contributed by atoms with Crippen molar-refractivity contribution in [1.29, 1.82) is 0 Å². The number of hydrogen-bond acceptors (Lipinski definition) is 11. The maximum Gasteiger partial charge on any atom is 0.350 e. The van der Waals surface area contributed by atoms with Gasteiger partial charge in [-0.1, -0.05) is 4.57 Å². The van der Waals surface area contributed by atoms with Crippen molar-refractivity contribution in [2.75, 3.05) is 6.61 Å². The molecule has 0 radical (unpaired) electrons. The third-order valence-electron chi connectivity index (χ3n) is 3.75. The van der Waals surface area contributed by atoms with Crippen LogP contribution in [0.4, 0.5) is 0 Å². The van der Waals surface area contributed by atoms with Crippen LogP contribution in [0.2, 0.25) is 0 Å². The summed E-state index contributed by atoms with van der Waals surface area (Å²) in [4.78, 5) is 11.2. The molecule has 0 aromatic carbocycles. The summed E-state index contributed by atoms with van der Waals surface area (Å²) >= 11 is 0. The third-order valence-corrected chi connectivity index (χ3v) is 4.97. The highest BCUT2D eigenvalue weighted by Gasteiger charge is 2.75. The molecule has 0 spiro atoms. The predicted octanol–water partition coefficient (Wildman–Crippen LogP) is -6.32. The standard InChI is InChI=1S/C9H17O11P/c10-1-2(11)9(18,21(19)20)8(17)6(15)4(13)3(12)5(14)7(8)16/h2-7,10-18H,1H2/t2?,3?,4-,5+,6-,7-,8?,9?/m1/s1. The van der Waals surface area contributed by atoms with Crippen molar-refractivity contribution in [3.8, 4) is 0 Å². The Morgan fingerprint density at radius 3 is 1.76 bits per heavy atom. The predicted molar refractivity (Wildman–Crippen MR) is 60.6 cm³/mol. The van der Waals surface area contributed by atoms with Gasteiger partial charge in [-0.25, -0.2) is 0 Å². The monoisotopic (exact) mass is 332 g/mol. The van der Waals surface area contributed by atoms with Gasteiger partial charge in [0.05, 0.1) is 6.61 Å². The molecule has 1 aliphatic carbocycles. The molecule has 0 bridgehead atoms. The maximum atomic E-state index is 11.2. The van der Waals surface area contributed by atoms with E-state index in [1.54, 1.807) is 0 Å². The zero-order chi connectivity index (χ0) is 16.7. The van der Waals surface area contributed by atoms with E-state index in [2.05, 4.69) is 0 Å². The molecule has 12 heteroatoms. The van der Waals surface area contributed by atoms with Crippen molar-refractivity contribution < 1.29 is 55.4 Å². The number of hydrogen-bond donors (Lipinski definition) is 9. The van der Waals surface area contributed by atoms with Gasteiger partial charge in [-0.2, -0.15) is 0 Å². The summed E-state index contributed by atoms with van der Waals surface area (Å²) in [6.45, 7) is -1.39. The number of rotatable bonds is 4. The van der Waals surface area contributed by atoms with Gasteiger partial charge in [-0.05, 0) is 0 Å². The maximum absolute atomic E-state index is 11.2. The molecule has 0 amide bonds. The fourth-order valence-electron chi connectivity index (χ4n) is 2.37. The Morgan fingerprint density at radius 1 is 1.10 bits per heavy atom. The van der Waals surface area contributed by atoms with Gasteiger partial charge in [0.15, 0.2) is 11.7 Å². The second-order valence-corrected chi connectivity index (χ2v) is 6.06. The molecule has 1 aliphatic rings. The van der Waals surface area contributed by atoms with Crippen LogP contribution in [0.1, 0.15) is 0 Å². The molecule has 1 rings (SSSR count). The van der Waals surface area contributed by atoms with Crippen LogP contribution >= 0.6 is 8.03 Å². The first-order valence-electron chi connectivity index (χ1n) is 5.76. The quantitative estimate of drug-likeness (QED) is 0.220. The van der Waals surface area contributed by atoms with Gasteiger partial charge in [0, 0.05) is 0 Å². The van der Waals surface area contributed by atoms with Crippen LogP contribution in [0.25, 0.3) is 0 Å². The van der Waals surface area contributed by atoms with E-state index in [1.165, 1.54) is 0 Å². The molecule has 0 aliphatic heterocycles. The molecular formula is C9H17O11P. The Kier molecular flexibility index (Phi) is 5.42. The summed E-state index contributed by atoms with van der Waals surface area (Å²) < 4.78 is 11.2. The van der Waals surface area contributed by atoms with E-state index in [-0.39, 0.29) is 0 Å². The lowest BCUT2D eigenvalue weighted by molar-refractivity contribution is -0.323. The Morgan fingerprint density at radius 2 is 1.48 bits per heavy atom. The van der Waals surface area contributed by atoms with Gasteiger partial charge in [-0.15, -0.1) is 0 Å². The molecule has 0 saturated heterocycles. The first-order chi connectivity index (χ1) is 9.47. The van der Waals surface area contributed by atoms with E-state index in [1.807, 2.05) is 0 Å². The summed E-state index contributed by atoms with van der Waals surface area (Å²) in [7, 11) is -4.20. The van der Waals surface area contributed by atoms with Crippen LogP contribution < -0.4 is 4.89 Å². The molecule has 1 saturated carbocycles. The summed E-state index contributed by atoms with van der Waals surface area (Å²) in [6.07, 6.45) is -14.8. The average molecular weight is 332 g/mol. The van der Waals surface area contributed by atoms with Crippen LogP contribution in [0.3, 0.4) is 0 Å². The molecule has 0 aromatic heterocycles. The summed E-state index contributed by atoms with van der Waals surface area (Å²) in [5.41, 5.74) is -3.58. The van der Waals surface area contributed by atoms with Crippen molar-refractivity contribution in [1.82, 2.24) is 0 Å². The normalized spacial score (nSPS) is 45.8. The lowest BCUT2D eigenvalue weighted by Gasteiger charge is -2.51. The second kappa shape index (κ2) is 6.07. The van der Waals surface area contributed by atoms with Crippen molar-refractivity contribution in [2.24, 2.45) is 0 Å². The van der Waals surface area contributed by atoms with E-state index < -0.39 is 62.2 Å². The molecule has 21 heavy (non-hydrogen) atoms. The van der Waals surface area contributed by atoms with E-state index >= 15 is 0 Å². The molecule has 0 heterocycles. The molecule has 9 N–H and O–H groups in total. The lowest BCUT2D eigenvalue weighted by atomic mass is 9.70. The van der Waals surface area contributed by atoms with Gasteiger partial charge in [-0.3, -0.25) is 0 Å². The Balaban J connectivity index is 3.48. The first kappa shape index (κ1) is 18.7. The molecule has 11 nitrogen and oxygen atoms in total. The van der Waals surface area contributed by atoms with Gasteiger partial charge in [0.1, 0.15) is 30.5 Å². The van der Waals surface area contributed by atoms with E-state index in [9.17, 15) is 50.3 Å². The topological polar surface area (TPSA) is 222 Å². The molecule has 5 unspecified atom stereocenters. The highest BCUT2D eigenvalue weighted by Crippen LogP contribution is 2.49. The smallest absolute Gasteiger partial charge is 0.350 e. The first-order valence-corrected chi connectivity index (χ1v) is 6.94. The van der Waals surface area contributed by atoms with Gasteiger partial charge in [0.2, 0.25) is 0 Å². The fourth-order valence-corrected chi connectivity index (χ4v) is 3.25. The fraction of sp³-hybridized carbons (Fsp3) is 1.00. The number of aliphatic hydroxyl groups excluding tert-OH is 7. The Bertz CT molecular complexity index is 389. The minimum atomic E-state index is -4.20. The second-order valence-electron chi connectivity index (χ2n) is 4.87. The van der Waals surface area contributed by atoms with Crippen LogP contribution in [0.15, 0.2) is 0 Å². The van der Waals surface area contributed by atoms with Gasteiger partial charge < -0.3 is 50.9 Å². The molecule has 9 atom stereocenters. The van der Waals surface area contributed by atoms with Crippen molar-refractivity contribution >= 4 is 8.03 Å². The molecule has 0 aromatic rings. The van der Waals surface area contributed by atoms with Gasteiger partial charge in [0.25, 0.3) is 0 Å². The number of aliphatic hydroxyl groups is 9. The minimum absolute atomic E-state index is 1.39.